The lowest BCUT2D eigenvalue weighted by atomic mass is 9.96. The molecule has 0 unspecified atom stereocenters. The van der Waals surface area contributed by atoms with Crippen molar-refractivity contribution in [1.29, 1.82) is 0 Å². The SMILES string of the molecule is C=C(C)CCc1c(OC)cc(C=Cc2cccc(=O)[nH]2)c(C(=O)O)c1O. The highest BCUT2D eigenvalue weighted by Gasteiger charge is 2.21. The summed E-state index contributed by atoms with van der Waals surface area (Å²) < 4.78 is 5.33. The molecule has 0 aliphatic rings. The molecule has 0 atom stereocenters. The number of aromatic nitrogens is 1. The van der Waals surface area contributed by atoms with Crippen LogP contribution in [0.1, 0.15) is 40.5 Å². The van der Waals surface area contributed by atoms with E-state index < -0.39 is 5.97 Å². The lowest BCUT2D eigenvalue weighted by Crippen LogP contribution is -2.05. The van der Waals surface area contributed by atoms with E-state index in [1.807, 2.05) is 6.92 Å². The fourth-order valence-electron chi connectivity index (χ4n) is 2.56. The number of methoxy groups -OCH3 is 1. The zero-order chi connectivity index (χ0) is 19.3. The van der Waals surface area contributed by atoms with Crippen LogP contribution >= 0.6 is 0 Å². The molecular formula is C20H21NO5. The summed E-state index contributed by atoms with van der Waals surface area (Å²) in [7, 11) is 1.46. The Balaban J connectivity index is 2.54. The number of ether oxygens (including phenoxy) is 1. The maximum Gasteiger partial charge on any atom is 0.340 e. The Morgan fingerprint density at radius 3 is 2.65 bits per heavy atom. The number of benzene rings is 1. The van der Waals surface area contributed by atoms with Crippen molar-refractivity contribution in [1.82, 2.24) is 4.98 Å². The fourth-order valence-corrected chi connectivity index (χ4v) is 2.56. The van der Waals surface area contributed by atoms with Gasteiger partial charge in [-0.3, -0.25) is 4.79 Å². The first-order chi connectivity index (χ1) is 12.3. The largest absolute Gasteiger partial charge is 0.507 e. The minimum atomic E-state index is -1.25. The Hall–Kier alpha value is -3.28. The highest BCUT2D eigenvalue weighted by molar-refractivity contribution is 5.97. The van der Waals surface area contributed by atoms with Crippen LogP contribution in [0.15, 0.2) is 41.2 Å². The molecule has 0 saturated carbocycles. The van der Waals surface area contributed by atoms with Crippen LogP contribution < -0.4 is 10.3 Å². The predicted octanol–water partition coefficient (Wildman–Crippen LogP) is 3.47. The Kier molecular flexibility index (Phi) is 6.01. The molecule has 136 valence electrons. The summed E-state index contributed by atoms with van der Waals surface area (Å²) in [5.74, 6) is -1.17. The van der Waals surface area contributed by atoms with E-state index in [9.17, 15) is 19.8 Å². The van der Waals surface area contributed by atoms with Gasteiger partial charge in [0.25, 0.3) is 0 Å². The van der Waals surface area contributed by atoms with Crippen molar-refractivity contribution in [3.8, 4) is 11.5 Å². The molecule has 0 amide bonds. The van der Waals surface area contributed by atoms with Crippen molar-refractivity contribution in [2.24, 2.45) is 0 Å². The van der Waals surface area contributed by atoms with Gasteiger partial charge in [-0.2, -0.15) is 0 Å². The lowest BCUT2D eigenvalue weighted by molar-refractivity contribution is 0.0693. The monoisotopic (exact) mass is 355 g/mol. The van der Waals surface area contributed by atoms with Gasteiger partial charge in [-0.1, -0.05) is 17.7 Å². The number of H-pyrrole nitrogens is 1. The molecule has 1 heterocycles. The fraction of sp³-hybridized carbons (Fsp3) is 0.200. The summed E-state index contributed by atoms with van der Waals surface area (Å²) in [5.41, 5.74) is 1.66. The van der Waals surface area contributed by atoms with E-state index in [-0.39, 0.29) is 22.4 Å². The minimum absolute atomic E-state index is 0.211. The smallest absolute Gasteiger partial charge is 0.340 e. The van der Waals surface area contributed by atoms with Crippen molar-refractivity contribution in [3.05, 3.63) is 69.2 Å². The Morgan fingerprint density at radius 2 is 2.08 bits per heavy atom. The molecule has 6 nitrogen and oxygen atoms in total. The van der Waals surface area contributed by atoms with Gasteiger partial charge in [0.15, 0.2) is 0 Å². The van der Waals surface area contributed by atoms with Crippen LogP contribution in [-0.4, -0.2) is 28.3 Å². The molecule has 2 aromatic rings. The highest BCUT2D eigenvalue weighted by Crippen LogP contribution is 2.36. The molecule has 0 radical (unpaired) electrons. The van der Waals surface area contributed by atoms with Gasteiger partial charge in [0.05, 0.1) is 7.11 Å². The van der Waals surface area contributed by atoms with Gasteiger partial charge in [0.1, 0.15) is 17.1 Å². The van der Waals surface area contributed by atoms with E-state index in [4.69, 9.17) is 4.74 Å². The Labute approximate surface area is 151 Å². The van der Waals surface area contributed by atoms with Gasteiger partial charge in [-0.05, 0) is 43.5 Å². The third-order valence-electron chi connectivity index (χ3n) is 3.86. The number of hydrogen-bond donors (Lipinski definition) is 3. The van der Waals surface area contributed by atoms with Crippen molar-refractivity contribution < 1.29 is 19.7 Å². The van der Waals surface area contributed by atoms with Gasteiger partial charge in [-0.15, -0.1) is 6.58 Å². The number of aromatic carboxylic acids is 1. The summed E-state index contributed by atoms with van der Waals surface area (Å²) in [6.45, 7) is 5.68. The number of carboxylic acids is 1. The molecule has 2 rings (SSSR count). The number of carboxylic acid groups (broad SMARTS) is 1. The third kappa shape index (κ3) is 4.42. The van der Waals surface area contributed by atoms with E-state index in [0.717, 1.165) is 5.57 Å². The molecule has 1 aromatic carbocycles. The molecule has 3 N–H and O–H groups in total. The summed E-state index contributed by atoms with van der Waals surface area (Å²) >= 11 is 0. The van der Waals surface area contributed by atoms with E-state index >= 15 is 0 Å². The van der Waals surface area contributed by atoms with Crippen molar-refractivity contribution in [2.45, 2.75) is 19.8 Å². The lowest BCUT2D eigenvalue weighted by Gasteiger charge is -2.15. The molecule has 0 fully saturated rings. The zero-order valence-electron chi connectivity index (χ0n) is 14.7. The van der Waals surface area contributed by atoms with Gasteiger partial charge in [0.2, 0.25) is 5.56 Å². The number of phenols is 1. The van der Waals surface area contributed by atoms with Gasteiger partial charge in [0, 0.05) is 17.3 Å². The van der Waals surface area contributed by atoms with E-state index in [1.54, 1.807) is 24.3 Å². The number of pyridine rings is 1. The molecule has 1 aromatic heterocycles. The van der Waals surface area contributed by atoms with Gasteiger partial charge >= 0.3 is 5.97 Å². The highest BCUT2D eigenvalue weighted by atomic mass is 16.5. The van der Waals surface area contributed by atoms with Gasteiger partial charge < -0.3 is 19.9 Å². The Morgan fingerprint density at radius 1 is 1.35 bits per heavy atom. The standard InChI is InChI=1S/C20H21NO5/c1-12(2)7-10-15-16(26-3)11-13(18(19(15)23)20(24)25)8-9-14-5-4-6-17(22)21-14/h4-6,8-9,11,23H,1,7,10H2,2-3H3,(H,21,22)(H,24,25). The summed E-state index contributed by atoms with van der Waals surface area (Å²) in [4.78, 5) is 25.7. The minimum Gasteiger partial charge on any atom is -0.507 e. The van der Waals surface area contributed by atoms with Crippen LogP contribution in [0, 0.1) is 0 Å². The van der Waals surface area contributed by atoms with E-state index in [1.165, 1.54) is 19.3 Å². The molecule has 26 heavy (non-hydrogen) atoms. The quantitative estimate of drug-likeness (QED) is 0.661. The number of nitrogens with one attached hydrogen (secondary N) is 1. The number of hydrogen-bond acceptors (Lipinski definition) is 4. The zero-order valence-corrected chi connectivity index (χ0v) is 14.7. The second-order valence-corrected chi connectivity index (χ2v) is 5.94. The first-order valence-electron chi connectivity index (χ1n) is 8.01. The predicted molar refractivity (Wildman–Crippen MR) is 101 cm³/mol. The van der Waals surface area contributed by atoms with E-state index in [2.05, 4.69) is 11.6 Å². The molecule has 0 spiro atoms. The number of carbonyl (C=O) groups is 1. The number of rotatable bonds is 7. The first kappa shape index (κ1) is 19.1. The van der Waals surface area contributed by atoms with Crippen LogP contribution in [0.5, 0.6) is 11.5 Å². The molecule has 0 bridgehead atoms. The van der Waals surface area contributed by atoms with Crippen molar-refractivity contribution in [2.75, 3.05) is 7.11 Å². The maximum atomic E-state index is 11.7. The van der Waals surface area contributed by atoms with Crippen LogP contribution in [0.4, 0.5) is 0 Å². The second kappa shape index (κ2) is 8.20. The normalized spacial score (nSPS) is 10.8. The van der Waals surface area contributed by atoms with Crippen molar-refractivity contribution in [3.63, 3.8) is 0 Å². The maximum absolute atomic E-state index is 11.7. The molecule has 6 heteroatoms. The molecular weight excluding hydrogens is 334 g/mol. The first-order valence-corrected chi connectivity index (χ1v) is 8.01. The van der Waals surface area contributed by atoms with E-state index in [0.29, 0.717) is 29.8 Å². The summed E-state index contributed by atoms with van der Waals surface area (Å²) in [6, 6.07) is 6.21. The summed E-state index contributed by atoms with van der Waals surface area (Å²) in [5, 5.41) is 20.1. The van der Waals surface area contributed by atoms with Crippen LogP contribution in [0.3, 0.4) is 0 Å². The second-order valence-electron chi connectivity index (χ2n) is 5.94. The third-order valence-corrected chi connectivity index (χ3v) is 3.86. The Bertz CT molecular complexity index is 924. The van der Waals surface area contributed by atoms with Crippen LogP contribution in [0.2, 0.25) is 0 Å². The summed E-state index contributed by atoms with van der Waals surface area (Å²) in [6.07, 6.45) is 4.10. The van der Waals surface area contributed by atoms with Crippen LogP contribution in [0.25, 0.3) is 12.2 Å². The average molecular weight is 355 g/mol. The van der Waals surface area contributed by atoms with Crippen molar-refractivity contribution >= 4 is 18.1 Å². The molecule has 0 saturated heterocycles. The van der Waals surface area contributed by atoms with Crippen LogP contribution in [-0.2, 0) is 6.42 Å². The molecule has 0 aliphatic carbocycles. The average Bonchev–Trinajstić information content (AvgIpc) is 2.57. The molecule has 0 aliphatic heterocycles. The number of aromatic amines is 1. The topological polar surface area (TPSA) is 99.6 Å². The number of aromatic hydroxyl groups is 1. The number of allylic oxidation sites excluding steroid dienone is 1. The van der Waals surface area contributed by atoms with Gasteiger partial charge in [-0.25, -0.2) is 4.79 Å².